The van der Waals surface area contributed by atoms with Crippen molar-refractivity contribution in [1.29, 1.82) is 0 Å². The van der Waals surface area contributed by atoms with Crippen molar-refractivity contribution in [2.45, 2.75) is 6.92 Å². The molecule has 4 aromatic rings. The second-order valence-electron chi connectivity index (χ2n) is 5.95. The predicted molar refractivity (Wildman–Crippen MR) is 97.2 cm³/mol. The van der Waals surface area contributed by atoms with E-state index in [0.29, 0.717) is 0 Å². The molecule has 0 saturated heterocycles. The van der Waals surface area contributed by atoms with Gasteiger partial charge in [0.1, 0.15) is 11.5 Å². The van der Waals surface area contributed by atoms with Crippen molar-refractivity contribution in [3.05, 3.63) is 72.3 Å². The Bertz CT molecular complexity index is 1030. The maximum atomic E-state index is 10.1. The molecule has 0 aliphatic heterocycles. The molecule has 0 amide bonds. The molecule has 1 heterocycles. The van der Waals surface area contributed by atoms with Crippen LogP contribution in [0.3, 0.4) is 0 Å². The topological polar surface area (TPSA) is 56.2 Å². The molecule has 0 bridgehead atoms. The van der Waals surface area contributed by atoms with Crippen molar-refractivity contribution in [3.63, 3.8) is 0 Å². The van der Waals surface area contributed by atoms with Crippen LogP contribution in [-0.2, 0) is 0 Å². The van der Waals surface area contributed by atoms with Gasteiger partial charge in [0.2, 0.25) is 0 Å². The van der Waals surface area contributed by atoms with Gasteiger partial charge in [-0.3, -0.25) is 0 Å². The molecule has 0 atom stereocenters. The van der Waals surface area contributed by atoms with E-state index in [1.165, 1.54) is 0 Å². The number of aromatic nitrogens is 1. The third-order valence-electron chi connectivity index (χ3n) is 4.43. The zero-order valence-corrected chi connectivity index (χ0v) is 13.2. The Morgan fingerprint density at radius 3 is 2.25 bits per heavy atom. The van der Waals surface area contributed by atoms with E-state index in [9.17, 15) is 10.2 Å². The van der Waals surface area contributed by atoms with E-state index in [0.717, 1.165) is 38.9 Å². The van der Waals surface area contributed by atoms with E-state index in [1.54, 1.807) is 18.2 Å². The Morgan fingerprint density at radius 1 is 0.792 bits per heavy atom. The monoisotopic (exact) mass is 315 g/mol. The molecule has 0 fully saturated rings. The van der Waals surface area contributed by atoms with Gasteiger partial charge >= 0.3 is 0 Å². The van der Waals surface area contributed by atoms with Gasteiger partial charge in [-0.2, -0.15) is 0 Å². The zero-order chi connectivity index (χ0) is 16.7. The number of aromatic hydroxyl groups is 2. The number of fused-ring (bicyclic) bond motifs is 1. The van der Waals surface area contributed by atoms with Gasteiger partial charge in [-0.25, -0.2) is 0 Å². The molecule has 3 heteroatoms. The molecule has 24 heavy (non-hydrogen) atoms. The number of benzene rings is 3. The molecular formula is C21H17NO2. The average Bonchev–Trinajstić information content (AvgIpc) is 2.92. The van der Waals surface area contributed by atoms with Gasteiger partial charge < -0.3 is 15.2 Å². The highest BCUT2D eigenvalue weighted by Crippen LogP contribution is 2.35. The molecule has 3 nitrogen and oxygen atoms in total. The minimum Gasteiger partial charge on any atom is -0.508 e. The number of aryl methyl sites for hydroxylation is 1. The Hall–Kier alpha value is -3.20. The third kappa shape index (κ3) is 2.31. The minimum atomic E-state index is 0.259. The largest absolute Gasteiger partial charge is 0.508 e. The van der Waals surface area contributed by atoms with Crippen LogP contribution in [0.4, 0.5) is 0 Å². The van der Waals surface area contributed by atoms with Crippen molar-refractivity contribution in [3.8, 4) is 33.9 Å². The summed E-state index contributed by atoms with van der Waals surface area (Å²) in [6.07, 6.45) is 0. The number of hydrogen-bond donors (Lipinski definition) is 3. The van der Waals surface area contributed by atoms with Gasteiger partial charge in [0.05, 0.1) is 0 Å². The molecule has 118 valence electrons. The van der Waals surface area contributed by atoms with Crippen LogP contribution in [0.25, 0.3) is 33.3 Å². The second kappa shape index (κ2) is 5.46. The SMILES string of the molecule is Cc1c(-c2ccc(O)cc2)[nH]c2ccc(-c3ccccc3O)cc12. The average molecular weight is 315 g/mol. The standard InChI is InChI=1S/C21H17NO2/c1-13-18-12-15(17-4-2-3-5-20(17)24)8-11-19(18)22-21(13)14-6-9-16(23)10-7-14/h2-12,22-24H,1H3. The maximum absolute atomic E-state index is 10.1. The van der Waals surface area contributed by atoms with Crippen molar-refractivity contribution >= 4 is 10.9 Å². The van der Waals surface area contributed by atoms with Gasteiger partial charge in [-0.05, 0) is 66.1 Å². The van der Waals surface area contributed by atoms with Crippen LogP contribution in [0, 0.1) is 6.92 Å². The molecule has 0 aliphatic rings. The fourth-order valence-electron chi connectivity index (χ4n) is 3.13. The summed E-state index contributed by atoms with van der Waals surface area (Å²) in [6.45, 7) is 2.08. The van der Waals surface area contributed by atoms with Gasteiger partial charge in [0.25, 0.3) is 0 Å². The molecule has 4 rings (SSSR count). The summed E-state index contributed by atoms with van der Waals surface area (Å²) in [7, 11) is 0. The fraction of sp³-hybridized carbons (Fsp3) is 0.0476. The quantitative estimate of drug-likeness (QED) is 0.475. The van der Waals surface area contributed by atoms with E-state index >= 15 is 0 Å². The Morgan fingerprint density at radius 2 is 1.50 bits per heavy atom. The van der Waals surface area contributed by atoms with Crippen LogP contribution < -0.4 is 0 Å². The first kappa shape index (κ1) is 14.4. The number of hydrogen-bond acceptors (Lipinski definition) is 2. The third-order valence-corrected chi connectivity index (χ3v) is 4.43. The summed E-state index contributed by atoms with van der Waals surface area (Å²) in [5.74, 6) is 0.540. The number of aromatic amines is 1. The highest BCUT2D eigenvalue weighted by molar-refractivity contribution is 5.94. The first-order valence-corrected chi connectivity index (χ1v) is 7.83. The summed E-state index contributed by atoms with van der Waals surface area (Å²) >= 11 is 0. The van der Waals surface area contributed by atoms with E-state index in [1.807, 2.05) is 42.5 Å². The van der Waals surface area contributed by atoms with Crippen LogP contribution in [0.15, 0.2) is 66.7 Å². The number of nitrogens with one attached hydrogen (secondary N) is 1. The van der Waals surface area contributed by atoms with Crippen LogP contribution in [-0.4, -0.2) is 15.2 Å². The lowest BCUT2D eigenvalue weighted by Gasteiger charge is -2.05. The minimum absolute atomic E-state index is 0.259. The molecule has 1 aromatic heterocycles. The van der Waals surface area contributed by atoms with Gasteiger partial charge in [0.15, 0.2) is 0 Å². The van der Waals surface area contributed by atoms with Crippen LogP contribution in [0.5, 0.6) is 11.5 Å². The molecule has 0 unspecified atom stereocenters. The predicted octanol–water partition coefficient (Wildman–Crippen LogP) is 5.22. The summed E-state index contributed by atoms with van der Waals surface area (Å²) in [6, 6.07) is 20.7. The van der Waals surface area contributed by atoms with E-state index in [2.05, 4.69) is 18.0 Å². The lowest BCUT2D eigenvalue weighted by molar-refractivity contribution is 0.475. The number of H-pyrrole nitrogens is 1. The number of phenols is 2. The zero-order valence-electron chi connectivity index (χ0n) is 13.2. The number of para-hydroxylation sites is 1. The second-order valence-corrected chi connectivity index (χ2v) is 5.95. The lowest BCUT2D eigenvalue weighted by atomic mass is 10.0. The molecule has 0 radical (unpaired) electrons. The molecule has 3 aromatic carbocycles. The van der Waals surface area contributed by atoms with Crippen LogP contribution in [0.1, 0.15) is 5.56 Å². The smallest absolute Gasteiger partial charge is 0.123 e. The van der Waals surface area contributed by atoms with Gasteiger partial charge in [-0.15, -0.1) is 0 Å². The molecule has 0 saturated carbocycles. The molecule has 0 spiro atoms. The summed E-state index contributed by atoms with van der Waals surface area (Å²) in [4.78, 5) is 3.45. The van der Waals surface area contributed by atoms with Crippen LogP contribution >= 0.6 is 0 Å². The van der Waals surface area contributed by atoms with Crippen molar-refractivity contribution in [1.82, 2.24) is 4.98 Å². The lowest BCUT2D eigenvalue weighted by Crippen LogP contribution is -1.80. The summed E-state index contributed by atoms with van der Waals surface area (Å²) in [5.41, 5.74) is 6.08. The molecule has 0 aliphatic carbocycles. The highest BCUT2D eigenvalue weighted by atomic mass is 16.3. The van der Waals surface area contributed by atoms with E-state index in [4.69, 9.17) is 0 Å². The Balaban J connectivity index is 1.88. The Kier molecular flexibility index (Phi) is 3.28. The van der Waals surface area contributed by atoms with E-state index in [-0.39, 0.29) is 11.5 Å². The van der Waals surface area contributed by atoms with Crippen molar-refractivity contribution in [2.75, 3.05) is 0 Å². The highest BCUT2D eigenvalue weighted by Gasteiger charge is 2.11. The van der Waals surface area contributed by atoms with Gasteiger partial charge in [0, 0.05) is 22.2 Å². The maximum Gasteiger partial charge on any atom is 0.123 e. The molecule has 3 N–H and O–H groups in total. The van der Waals surface area contributed by atoms with Crippen molar-refractivity contribution in [2.24, 2.45) is 0 Å². The number of phenolic OH excluding ortho intramolecular Hbond substituents is 2. The van der Waals surface area contributed by atoms with Crippen LogP contribution in [0.2, 0.25) is 0 Å². The summed E-state index contributed by atoms with van der Waals surface area (Å²) in [5, 5.41) is 20.7. The summed E-state index contributed by atoms with van der Waals surface area (Å²) < 4.78 is 0. The normalized spacial score (nSPS) is 11.0. The Labute approximate surface area is 139 Å². The van der Waals surface area contributed by atoms with Crippen molar-refractivity contribution < 1.29 is 10.2 Å². The first-order chi connectivity index (χ1) is 11.6. The first-order valence-electron chi connectivity index (χ1n) is 7.83. The van der Waals surface area contributed by atoms with E-state index < -0.39 is 0 Å². The van der Waals surface area contributed by atoms with Gasteiger partial charge in [-0.1, -0.05) is 24.3 Å². The molecular weight excluding hydrogens is 298 g/mol. The fourth-order valence-corrected chi connectivity index (χ4v) is 3.13. The number of rotatable bonds is 2.